The van der Waals surface area contributed by atoms with Crippen LogP contribution in [0.25, 0.3) is 0 Å². The molecule has 0 unspecified atom stereocenters. The molecule has 1 aromatic heterocycles. The molecular weight excluding hydrogens is 294 g/mol. The molecule has 1 atom stereocenters. The molecule has 0 aliphatic rings. The molecule has 0 saturated carbocycles. The van der Waals surface area contributed by atoms with Gasteiger partial charge in [0.25, 0.3) is 0 Å². The topological polar surface area (TPSA) is 22.1 Å². The van der Waals surface area contributed by atoms with Gasteiger partial charge in [-0.3, -0.25) is 0 Å². The summed E-state index contributed by atoms with van der Waals surface area (Å²) in [5, 5.41) is 0.741. The molecule has 2 rings (SSSR count). The Balaban J connectivity index is 2.22. The molecule has 2 aromatic rings. The standard InChI is InChI=1S/C19H24ClNO/c1-5-17(14-8-10-16(20)11-9-14)22-18-15(7-6-12-21-18)13-19(2,3)4/h6-12,17H,5,13H2,1-4H3/t17-/m0/s1. The highest BCUT2D eigenvalue weighted by Gasteiger charge is 2.18. The van der Waals surface area contributed by atoms with Crippen LogP contribution in [0, 0.1) is 5.41 Å². The minimum Gasteiger partial charge on any atom is -0.469 e. The van der Waals surface area contributed by atoms with Crippen LogP contribution in [0.4, 0.5) is 0 Å². The van der Waals surface area contributed by atoms with Gasteiger partial charge >= 0.3 is 0 Å². The van der Waals surface area contributed by atoms with Gasteiger partial charge < -0.3 is 4.74 Å². The summed E-state index contributed by atoms with van der Waals surface area (Å²) in [5.74, 6) is 0.735. The number of benzene rings is 1. The van der Waals surface area contributed by atoms with Crippen molar-refractivity contribution in [2.45, 2.75) is 46.6 Å². The summed E-state index contributed by atoms with van der Waals surface area (Å²) in [7, 11) is 0. The van der Waals surface area contributed by atoms with Crippen molar-refractivity contribution in [1.29, 1.82) is 0 Å². The summed E-state index contributed by atoms with van der Waals surface area (Å²) < 4.78 is 6.21. The molecule has 0 bridgehead atoms. The van der Waals surface area contributed by atoms with Crippen LogP contribution < -0.4 is 4.74 Å². The molecule has 0 saturated heterocycles. The Morgan fingerprint density at radius 3 is 2.41 bits per heavy atom. The van der Waals surface area contributed by atoms with Gasteiger partial charge in [0.15, 0.2) is 0 Å². The highest BCUT2D eigenvalue weighted by molar-refractivity contribution is 6.30. The summed E-state index contributed by atoms with van der Waals surface area (Å²) in [5.41, 5.74) is 2.48. The normalized spacial score (nSPS) is 13.0. The maximum absolute atomic E-state index is 6.21. The summed E-state index contributed by atoms with van der Waals surface area (Å²) in [4.78, 5) is 4.45. The van der Waals surface area contributed by atoms with E-state index >= 15 is 0 Å². The van der Waals surface area contributed by atoms with Gasteiger partial charge in [0.2, 0.25) is 5.88 Å². The minimum absolute atomic E-state index is 0.00844. The van der Waals surface area contributed by atoms with Crippen LogP contribution in [0.15, 0.2) is 42.6 Å². The molecule has 2 nitrogen and oxygen atoms in total. The van der Waals surface area contributed by atoms with E-state index in [1.54, 1.807) is 6.20 Å². The summed E-state index contributed by atoms with van der Waals surface area (Å²) in [6.07, 6.45) is 3.60. The van der Waals surface area contributed by atoms with Crippen molar-refractivity contribution in [3.63, 3.8) is 0 Å². The average Bonchev–Trinajstić information content (AvgIpc) is 2.46. The number of halogens is 1. The quantitative estimate of drug-likeness (QED) is 0.689. The Kier molecular flexibility index (Phi) is 5.47. The third kappa shape index (κ3) is 4.74. The Hall–Kier alpha value is -1.54. The maximum Gasteiger partial charge on any atom is 0.217 e. The summed E-state index contributed by atoms with van der Waals surface area (Å²) >= 11 is 5.96. The van der Waals surface area contributed by atoms with Gasteiger partial charge in [0.1, 0.15) is 6.10 Å². The fourth-order valence-electron chi connectivity index (χ4n) is 2.44. The van der Waals surface area contributed by atoms with Crippen molar-refractivity contribution < 1.29 is 4.74 Å². The van der Waals surface area contributed by atoms with Gasteiger partial charge in [-0.25, -0.2) is 4.98 Å². The zero-order valence-corrected chi connectivity index (χ0v) is 14.5. The Bertz CT molecular complexity index is 602. The molecule has 0 aliphatic heterocycles. The molecule has 0 radical (unpaired) electrons. The van der Waals surface area contributed by atoms with Gasteiger partial charge in [-0.05, 0) is 42.0 Å². The first-order chi connectivity index (χ1) is 10.4. The van der Waals surface area contributed by atoms with Crippen LogP contribution in [0.2, 0.25) is 5.02 Å². The lowest BCUT2D eigenvalue weighted by atomic mass is 9.88. The molecule has 0 spiro atoms. The van der Waals surface area contributed by atoms with Gasteiger partial charge in [-0.15, -0.1) is 0 Å². The van der Waals surface area contributed by atoms with E-state index in [4.69, 9.17) is 16.3 Å². The molecule has 0 fully saturated rings. The van der Waals surface area contributed by atoms with Crippen LogP contribution in [-0.4, -0.2) is 4.98 Å². The number of nitrogens with zero attached hydrogens (tertiary/aromatic N) is 1. The predicted molar refractivity (Wildman–Crippen MR) is 92.5 cm³/mol. The lowest BCUT2D eigenvalue weighted by molar-refractivity contribution is 0.189. The molecule has 0 amide bonds. The van der Waals surface area contributed by atoms with Crippen molar-refractivity contribution in [3.8, 4) is 5.88 Å². The number of ether oxygens (including phenoxy) is 1. The minimum atomic E-state index is -0.00844. The summed E-state index contributed by atoms with van der Waals surface area (Å²) in [6, 6.07) is 11.9. The summed E-state index contributed by atoms with van der Waals surface area (Å²) in [6.45, 7) is 8.78. The number of pyridine rings is 1. The third-order valence-electron chi connectivity index (χ3n) is 3.44. The number of rotatable bonds is 5. The van der Waals surface area contributed by atoms with E-state index in [0.29, 0.717) is 0 Å². The molecule has 1 heterocycles. The highest BCUT2D eigenvalue weighted by atomic mass is 35.5. The average molecular weight is 318 g/mol. The number of aromatic nitrogens is 1. The number of hydrogen-bond donors (Lipinski definition) is 0. The molecular formula is C19H24ClNO. The molecule has 0 N–H and O–H groups in total. The monoisotopic (exact) mass is 317 g/mol. The van der Waals surface area contributed by atoms with Crippen molar-refractivity contribution in [1.82, 2.24) is 4.98 Å². The van der Waals surface area contributed by atoms with E-state index in [9.17, 15) is 0 Å². The van der Waals surface area contributed by atoms with E-state index in [-0.39, 0.29) is 11.5 Å². The van der Waals surface area contributed by atoms with Crippen LogP contribution in [-0.2, 0) is 6.42 Å². The molecule has 3 heteroatoms. The fourth-order valence-corrected chi connectivity index (χ4v) is 2.56. The van der Waals surface area contributed by atoms with Gasteiger partial charge in [-0.2, -0.15) is 0 Å². The second kappa shape index (κ2) is 7.15. The first-order valence-electron chi connectivity index (χ1n) is 7.75. The van der Waals surface area contributed by atoms with E-state index in [2.05, 4.69) is 38.7 Å². The molecule has 118 valence electrons. The Morgan fingerprint density at radius 1 is 1.14 bits per heavy atom. The number of hydrogen-bond acceptors (Lipinski definition) is 2. The largest absolute Gasteiger partial charge is 0.469 e. The van der Waals surface area contributed by atoms with Crippen LogP contribution in [0.3, 0.4) is 0 Å². The van der Waals surface area contributed by atoms with Crippen LogP contribution in [0.1, 0.15) is 51.3 Å². The van der Waals surface area contributed by atoms with E-state index in [0.717, 1.165) is 34.9 Å². The van der Waals surface area contributed by atoms with Crippen molar-refractivity contribution in [3.05, 3.63) is 58.7 Å². The zero-order chi connectivity index (χ0) is 16.2. The van der Waals surface area contributed by atoms with E-state index < -0.39 is 0 Å². The Labute approximate surface area is 138 Å². The Morgan fingerprint density at radius 2 is 1.82 bits per heavy atom. The van der Waals surface area contributed by atoms with Crippen molar-refractivity contribution in [2.24, 2.45) is 5.41 Å². The zero-order valence-electron chi connectivity index (χ0n) is 13.8. The highest BCUT2D eigenvalue weighted by Crippen LogP contribution is 2.30. The van der Waals surface area contributed by atoms with Crippen molar-refractivity contribution >= 4 is 11.6 Å². The van der Waals surface area contributed by atoms with E-state index in [1.165, 1.54) is 0 Å². The molecule has 0 aliphatic carbocycles. The lowest BCUT2D eigenvalue weighted by Crippen LogP contribution is -2.13. The first-order valence-corrected chi connectivity index (χ1v) is 8.13. The SMILES string of the molecule is CC[C@H](Oc1ncccc1CC(C)(C)C)c1ccc(Cl)cc1. The second-order valence-electron chi connectivity index (χ2n) is 6.77. The smallest absolute Gasteiger partial charge is 0.217 e. The van der Waals surface area contributed by atoms with Crippen LogP contribution in [0.5, 0.6) is 5.88 Å². The first kappa shape index (κ1) is 16.8. The van der Waals surface area contributed by atoms with Gasteiger partial charge in [0.05, 0.1) is 0 Å². The molecule has 22 heavy (non-hydrogen) atoms. The second-order valence-corrected chi connectivity index (χ2v) is 7.21. The van der Waals surface area contributed by atoms with Crippen LogP contribution >= 0.6 is 11.6 Å². The van der Waals surface area contributed by atoms with Gasteiger partial charge in [-0.1, -0.05) is 57.5 Å². The fraction of sp³-hybridized carbons (Fsp3) is 0.421. The lowest BCUT2D eigenvalue weighted by Gasteiger charge is -2.23. The predicted octanol–water partition coefficient (Wildman–Crippen LogP) is 5.85. The molecule has 1 aromatic carbocycles. The van der Waals surface area contributed by atoms with Gasteiger partial charge in [0, 0.05) is 16.8 Å². The van der Waals surface area contributed by atoms with Crippen molar-refractivity contribution in [2.75, 3.05) is 0 Å². The van der Waals surface area contributed by atoms with E-state index in [1.807, 2.05) is 30.3 Å². The third-order valence-corrected chi connectivity index (χ3v) is 3.69. The maximum atomic E-state index is 6.21.